The Bertz CT molecular complexity index is 354. The van der Waals surface area contributed by atoms with E-state index in [1.165, 1.54) is 5.69 Å². The van der Waals surface area contributed by atoms with Gasteiger partial charge in [-0.25, -0.2) is 4.98 Å². The zero-order valence-electron chi connectivity index (χ0n) is 8.79. The Morgan fingerprint density at radius 2 is 2.43 bits per heavy atom. The Balaban J connectivity index is 2.53. The molecule has 76 valence electrons. The van der Waals surface area contributed by atoms with Crippen LogP contribution in [0.4, 0.5) is 0 Å². The first kappa shape index (κ1) is 9.44. The lowest BCUT2D eigenvalue weighted by Gasteiger charge is -2.23. The van der Waals surface area contributed by atoms with Crippen molar-refractivity contribution in [3.05, 3.63) is 17.2 Å². The van der Waals surface area contributed by atoms with Crippen LogP contribution in [0.3, 0.4) is 0 Å². The van der Waals surface area contributed by atoms with Crippen LogP contribution in [0.5, 0.6) is 0 Å². The Kier molecular flexibility index (Phi) is 2.40. The molecule has 3 heteroatoms. The van der Waals surface area contributed by atoms with Crippen molar-refractivity contribution in [1.29, 1.82) is 0 Å². The summed E-state index contributed by atoms with van der Waals surface area (Å²) in [6.45, 7) is 4.13. The van der Waals surface area contributed by atoms with E-state index in [0.717, 1.165) is 43.5 Å². The van der Waals surface area contributed by atoms with Gasteiger partial charge in [-0.2, -0.15) is 0 Å². The van der Waals surface area contributed by atoms with E-state index in [-0.39, 0.29) is 6.04 Å². The van der Waals surface area contributed by atoms with Crippen LogP contribution in [-0.4, -0.2) is 15.8 Å². The number of carbonyl (C=O) groups excluding carboxylic acids is 1. The van der Waals surface area contributed by atoms with Gasteiger partial charge in [0, 0.05) is 12.1 Å². The molecular weight excluding hydrogens is 176 g/mol. The lowest BCUT2D eigenvalue weighted by atomic mass is 10.0. The summed E-state index contributed by atoms with van der Waals surface area (Å²) in [5, 5.41) is 0. The molecule has 3 nitrogen and oxygen atoms in total. The smallest absolute Gasteiger partial charge is 0.142 e. The van der Waals surface area contributed by atoms with Crippen LogP contribution in [0.2, 0.25) is 0 Å². The second-order valence-corrected chi connectivity index (χ2v) is 3.88. The minimum Gasteiger partial charge on any atom is -0.322 e. The highest BCUT2D eigenvalue weighted by molar-refractivity contribution is 5.57. The van der Waals surface area contributed by atoms with Crippen LogP contribution in [0.15, 0.2) is 0 Å². The van der Waals surface area contributed by atoms with Crippen LogP contribution < -0.4 is 0 Å². The molecule has 2 heterocycles. The number of hydrogen-bond acceptors (Lipinski definition) is 2. The van der Waals surface area contributed by atoms with Gasteiger partial charge in [0.25, 0.3) is 0 Å². The van der Waals surface area contributed by atoms with E-state index in [2.05, 4.69) is 16.5 Å². The molecular formula is C11H16N2O. The van der Waals surface area contributed by atoms with Gasteiger partial charge in [-0.3, -0.25) is 0 Å². The summed E-state index contributed by atoms with van der Waals surface area (Å²) in [4.78, 5) is 15.5. The van der Waals surface area contributed by atoms with Gasteiger partial charge in [0.05, 0.1) is 11.7 Å². The summed E-state index contributed by atoms with van der Waals surface area (Å²) < 4.78 is 2.14. The second-order valence-electron chi connectivity index (χ2n) is 3.88. The highest BCUT2D eigenvalue weighted by atomic mass is 16.1. The number of nitrogens with zero attached hydrogens (tertiary/aromatic N) is 2. The molecule has 1 atom stereocenters. The van der Waals surface area contributed by atoms with Crippen molar-refractivity contribution in [2.45, 2.75) is 45.6 Å². The number of imidazole rings is 1. The van der Waals surface area contributed by atoms with Gasteiger partial charge in [-0.1, -0.05) is 6.92 Å². The quantitative estimate of drug-likeness (QED) is 0.670. The fourth-order valence-corrected chi connectivity index (χ4v) is 2.32. The lowest BCUT2D eigenvalue weighted by molar-refractivity contribution is -0.111. The third-order valence-electron chi connectivity index (χ3n) is 3.00. The number of rotatable bonds is 2. The number of carbonyl (C=O) groups is 1. The van der Waals surface area contributed by atoms with Gasteiger partial charge in [0.2, 0.25) is 0 Å². The van der Waals surface area contributed by atoms with E-state index >= 15 is 0 Å². The van der Waals surface area contributed by atoms with Crippen molar-refractivity contribution in [2.24, 2.45) is 0 Å². The fourth-order valence-electron chi connectivity index (χ4n) is 2.32. The molecule has 0 fully saturated rings. The van der Waals surface area contributed by atoms with Crippen molar-refractivity contribution < 1.29 is 4.79 Å². The van der Waals surface area contributed by atoms with Gasteiger partial charge >= 0.3 is 0 Å². The lowest BCUT2D eigenvalue weighted by Crippen LogP contribution is -2.20. The molecule has 1 aliphatic rings. The molecule has 0 spiro atoms. The number of aromatic nitrogens is 2. The highest BCUT2D eigenvalue weighted by Gasteiger charge is 2.23. The molecule has 1 aliphatic heterocycles. The Labute approximate surface area is 84.1 Å². The predicted molar refractivity (Wildman–Crippen MR) is 54.4 cm³/mol. The van der Waals surface area contributed by atoms with Crippen LogP contribution in [0.1, 0.15) is 43.0 Å². The van der Waals surface area contributed by atoms with Gasteiger partial charge in [-0.15, -0.1) is 0 Å². The average Bonchev–Trinajstić information content (AvgIpc) is 2.56. The number of hydrogen-bond donors (Lipinski definition) is 0. The topological polar surface area (TPSA) is 34.9 Å². The van der Waals surface area contributed by atoms with E-state index in [9.17, 15) is 4.79 Å². The van der Waals surface area contributed by atoms with Crippen molar-refractivity contribution in [2.75, 3.05) is 0 Å². The summed E-state index contributed by atoms with van der Waals surface area (Å²) in [5.41, 5.74) is 2.37. The molecule has 2 rings (SSSR count). The SMILES string of the molecule is CCc1nc(C)c2n1C(C=O)CCC2. The van der Waals surface area contributed by atoms with Crippen molar-refractivity contribution >= 4 is 6.29 Å². The normalized spacial score (nSPS) is 20.6. The van der Waals surface area contributed by atoms with Crippen LogP contribution >= 0.6 is 0 Å². The first-order valence-electron chi connectivity index (χ1n) is 5.29. The van der Waals surface area contributed by atoms with E-state index < -0.39 is 0 Å². The van der Waals surface area contributed by atoms with E-state index in [0.29, 0.717) is 0 Å². The number of aldehydes is 1. The molecule has 0 radical (unpaired) electrons. The minimum absolute atomic E-state index is 0.0369. The molecule has 0 aromatic carbocycles. The fraction of sp³-hybridized carbons (Fsp3) is 0.636. The zero-order valence-corrected chi connectivity index (χ0v) is 8.79. The van der Waals surface area contributed by atoms with Crippen molar-refractivity contribution in [3.63, 3.8) is 0 Å². The molecule has 0 saturated heterocycles. The molecule has 0 bridgehead atoms. The van der Waals surface area contributed by atoms with Gasteiger partial charge in [0.1, 0.15) is 12.1 Å². The monoisotopic (exact) mass is 192 g/mol. The molecule has 1 unspecified atom stereocenters. The summed E-state index contributed by atoms with van der Waals surface area (Å²) in [6, 6.07) is 0.0369. The first-order valence-corrected chi connectivity index (χ1v) is 5.29. The zero-order chi connectivity index (χ0) is 10.1. The third-order valence-corrected chi connectivity index (χ3v) is 3.00. The maximum Gasteiger partial charge on any atom is 0.142 e. The van der Waals surface area contributed by atoms with Crippen LogP contribution in [0.25, 0.3) is 0 Å². The maximum absolute atomic E-state index is 11.0. The molecule has 14 heavy (non-hydrogen) atoms. The molecule has 1 aromatic rings. The minimum atomic E-state index is 0.0369. The molecule has 0 N–H and O–H groups in total. The summed E-state index contributed by atoms with van der Waals surface area (Å²) in [6.07, 6.45) is 5.12. The van der Waals surface area contributed by atoms with E-state index in [1.54, 1.807) is 0 Å². The largest absolute Gasteiger partial charge is 0.322 e. The van der Waals surface area contributed by atoms with Gasteiger partial charge in [0.15, 0.2) is 0 Å². The Morgan fingerprint density at radius 3 is 3.07 bits per heavy atom. The molecule has 0 aliphatic carbocycles. The summed E-state index contributed by atoms with van der Waals surface area (Å²) in [7, 11) is 0. The number of fused-ring (bicyclic) bond motifs is 1. The maximum atomic E-state index is 11.0. The van der Waals surface area contributed by atoms with Gasteiger partial charge < -0.3 is 9.36 Å². The standard InChI is InChI=1S/C11H16N2O/c1-3-11-12-8(2)10-6-4-5-9(7-14)13(10)11/h7,9H,3-6H2,1-2H3. The van der Waals surface area contributed by atoms with Gasteiger partial charge in [-0.05, 0) is 26.2 Å². The van der Waals surface area contributed by atoms with E-state index in [4.69, 9.17) is 0 Å². The van der Waals surface area contributed by atoms with E-state index in [1.807, 2.05) is 6.92 Å². The summed E-state index contributed by atoms with van der Waals surface area (Å²) >= 11 is 0. The summed E-state index contributed by atoms with van der Waals surface area (Å²) in [5.74, 6) is 1.06. The Hall–Kier alpha value is -1.12. The third kappa shape index (κ3) is 1.27. The van der Waals surface area contributed by atoms with Crippen molar-refractivity contribution in [1.82, 2.24) is 9.55 Å². The Morgan fingerprint density at radius 1 is 1.64 bits per heavy atom. The predicted octanol–water partition coefficient (Wildman–Crippen LogP) is 1.83. The molecule has 0 amide bonds. The average molecular weight is 192 g/mol. The first-order chi connectivity index (χ1) is 6.77. The molecule has 1 aromatic heterocycles. The van der Waals surface area contributed by atoms with Crippen LogP contribution in [0, 0.1) is 6.92 Å². The van der Waals surface area contributed by atoms with Crippen LogP contribution in [-0.2, 0) is 17.6 Å². The second kappa shape index (κ2) is 3.56. The molecule has 0 saturated carbocycles. The number of aryl methyl sites for hydroxylation is 2. The van der Waals surface area contributed by atoms with Crippen molar-refractivity contribution in [3.8, 4) is 0 Å². The highest BCUT2D eigenvalue weighted by Crippen LogP contribution is 2.27.